The molecule has 1 saturated heterocycles. The van der Waals surface area contributed by atoms with Crippen molar-refractivity contribution in [3.63, 3.8) is 0 Å². The summed E-state index contributed by atoms with van der Waals surface area (Å²) in [5.74, 6) is 1.07. The molecule has 1 aromatic heterocycles. The molecule has 2 heterocycles. The molecule has 0 atom stereocenters. The molecule has 8 heteroatoms. The Morgan fingerprint density at radius 1 is 1.39 bits per heavy atom. The van der Waals surface area contributed by atoms with E-state index in [1.54, 1.807) is 17.3 Å². The third-order valence-corrected chi connectivity index (χ3v) is 5.26. The Hall–Kier alpha value is -2.93. The summed E-state index contributed by atoms with van der Waals surface area (Å²) in [4.78, 5) is 20.9. The summed E-state index contributed by atoms with van der Waals surface area (Å²) in [6, 6.07) is 5.65. The smallest absolute Gasteiger partial charge is 0.268 e. The summed E-state index contributed by atoms with van der Waals surface area (Å²) >= 11 is 6.54. The number of hydrazone groups is 1. The minimum atomic E-state index is -0.214. The summed E-state index contributed by atoms with van der Waals surface area (Å²) in [7, 11) is 0. The highest BCUT2D eigenvalue weighted by Crippen LogP contribution is 2.34. The van der Waals surface area contributed by atoms with Crippen molar-refractivity contribution in [2.45, 2.75) is 40.0 Å². The molecule has 7 nitrogen and oxygen atoms in total. The summed E-state index contributed by atoms with van der Waals surface area (Å²) in [6.07, 6.45) is 4.53. The van der Waals surface area contributed by atoms with Gasteiger partial charge in [0.15, 0.2) is 5.82 Å². The van der Waals surface area contributed by atoms with Gasteiger partial charge in [0.25, 0.3) is 5.91 Å². The Morgan fingerprint density at radius 2 is 2.19 bits per heavy atom. The van der Waals surface area contributed by atoms with Crippen LogP contribution in [0.4, 0.5) is 0 Å². The largest absolute Gasteiger partial charge is 0.492 e. The van der Waals surface area contributed by atoms with Crippen molar-refractivity contribution in [1.82, 2.24) is 20.3 Å². The number of ether oxygens (including phenoxy) is 1. The molecule has 1 fully saturated rings. The van der Waals surface area contributed by atoms with E-state index >= 15 is 0 Å². The lowest BCUT2D eigenvalue weighted by atomic mass is 10.1. The van der Waals surface area contributed by atoms with E-state index in [9.17, 15) is 4.79 Å². The highest BCUT2D eigenvalue weighted by Gasteiger charge is 2.20. The second-order valence-electron chi connectivity index (χ2n) is 7.28. The Bertz CT molecular complexity index is 1010. The first-order valence-corrected chi connectivity index (χ1v) is 10.9. The van der Waals surface area contributed by atoms with Gasteiger partial charge in [-0.2, -0.15) is 5.10 Å². The van der Waals surface area contributed by atoms with E-state index in [2.05, 4.69) is 40.8 Å². The molecule has 1 N–H and O–H groups in total. The second kappa shape index (κ2) is 10.4. The predicted molar refractivity (Wildman–Crippen MR) is 123 cm³/mol. The van der Waals surface area contributed by atoms with Gasteiger partial charge in [0, 0.05) is 18.3 Å². The molecule has 1 amide bonds. The molecule has 1 aliphatic heterocycles. The fourth-order valence-corrected chi connectivity index (χ4v) is 3.49. The van der Waals surface area contributed by atoms with Crippen LogP contribution in [-0.2, 0) is 11.2 Å². The first-order chi connectivity index (χ1) is 14.9. The van der Waals surface area contributed by atoms with E-state index in [4.69, 9.17) is 16.3 Å². The van der Waals surface area contributed by atoms with Crippen molar-refractivity contribution < 1.29 is 9.53 Å². The van der Waals surface area contributed by atoms with E-state index in [0.717, 1.165) is 36.1 Å². The number of nitrogens with one attached hydrogen (secondary N) is 1. The predicted octanol–water partition coefficient (Wildman–Crippen LogP) is 4.21. The number of benzene rings is 1. The number of nitrogens with zero attached hydrogens (tertiary/aromatic N) is 4. The number of halogens is 1. The Kier molecular flexibility index (Phi) is 7.63. The van der Waals surface area contributed by atoms with Crippen LogP contribution in [0.1, 0.15) is 44.9 Å². The summed E-state index contributed by atoms with van der Waals surface area (Å²) in [5.41, 5.74) is 3.50. The summed E-state index contributed by atoms with van der Waals surface area (Å²) in [5, 5.41) is 9.43. The number of aryl methyl sites for hydroxylation is 1. The maximum atomic E-state index is 11.8. The molecule has 1 aliphatic rings. The first-order valence-electron chi connectivity index (χ1n) is 10.5. The Balaban J connectivity index is 1.89. The number of amides is 1. The van der Waals surface area contributed by atoms with Crippen molar-refractivity contribution in [2.75, 3.05) is 19.7 Å². The molecule has 0 unspecified atom stereocenters. The average Bonchev–Trinajstić information content (AvgIpc) is 2.77. The number of hydrogen-bond donors (Lipinski definition) is 1. The van der Waals surface area contributed by atoms with E-state index < -0.39 is 0 Å². The van der Waals surface area contributed by atoms with Crippen LogP contribution >= 0.6 is 11.6 Å². The topological polar surface area (TPSA) is 79.7 Å². The van der Waals surface area contributed by atoms with E-state index in [1.165, 1.54) is 0 Å². The lowest BCUT2D eigenvalue weighted by molar-refractivity contribution is -0.120. The molecule has 3 rings (SSSR count). The fourth-order valence-electron chi connectivity index (χ4n) is 3.19. The number of rotatable bonds is 8. The zero-order chi connectivity index (χ0) is 22.4. The van der Waals surface area contributed by atoms with Crippen LogP contribution in [0.25, 0.3) is 11.4 Å². The summed E-state index contributed by atoms with van der Waals surface area (Å²) in [6.45, 7) is 11.6. The third-order valence-electron chi connectivity index (χ3n) is 4.98. The maximum Gasteiger partial charge on any atom is 0.268 e. The van der Waals surface area contributed by atoms with Gasteiger partial charge < -0.3 is 10.1 Å². The number of unbranched alkanes of at least 4 members (excludes halogenated alkanes) is 1. The van der Waals surface area contributed by atoms with Gasteiger partial charge in [0.05, 0.1) is 29.6 Å². The zero-order valence-corrected chi connectivity index (χ0v) is 19.0. The average molecular weight is 442 g/mol. The molecule has 0 spiro atoms. The highest BCUT2D eigenvalue weighted by atomic mass is 35.5. The van der Waals surface area contributed by atoms with Crippen molar-refractivity contribution in [2.24, 2.45) is 5.10 Å². The molecule has 0 aliphatic carbocycles. The van der Waals surface area contributed by atoms with Crippen molar-refractivity contribution in [3.8, 4) is 17.1 Å². The number of aromatic nitrogens is 2. The lowest BCUT2D eigenvalue weighted by Crippen LogP contribution is -2.43. The van der Waals surface area contributed by atoms with Crippen molar-refractivity contribution in [3.05, 3.63) is 53.0 Å². The molecule has 164 valence electrons. The number of carbonyl (C=O) groups is 1. The van der Waals surface area contributed by atoms with Gasteiger partial charge in [0.2, 0.25) is 0 Å². The molecule has 0 bridgehead atoms. The molecule has 0 saturated carbocycles. The molecule has 31 heavy (non-hydrogen) atoms. The normalized spacial score (nSPS) is 14.6. The van der Waals surface area contributed by atoms with Crippen LogP contribution in [0.3, 0.4) is 0 Å². The van der Waals surface area contributed by atoms with Crippen LogP contribution in [0.15, 0.2) is 41.8 Å². The summed E-state index contributed by atoms with van der Waals surface area (Å²) < 4.78 is 5.92. The third kappa shape index (κ3) is 5.41. The van der Waals surface area contributed by atoms with Crippen LogP contribution in [-0.4, -0.2) is 46.3 Å². The van der Waals surface area contributed by atoms with Crippen LogP contribution < -0.4 is 10.1 Å². The van der Waals surface area contributed by atoms with Gasteiger partial charge in [-0.1, -0.05) is 38.4 Å². The minimum absolute atomic E-state index is 0.214. The van der Waals surface area contributed by atoms with Gasteiger partial charge in [-0.05, 0) is 43.5 Å². The van der Waals surface area contributed by atoms with Crippen molar-refractivity contribution >= 4 is 23.2 Å². The number of hydrogen-bond acceptors (Lipinski definition) is 6. The second-order valence-corrected chi connectivity index (χ2v) is 7.69. The van der Waals surface area contributed by atoms with Gasteiger partial charge in [-0.15, -0.1) is 0 Å². The van der Waals surface area contributed by atoms with Gasteiger partial charge in [0.1, 0.15) is 11.4 Å². The standard InChI is InChI=1S/C23H28ClN5O2/c1-5-7-12-31-21-17(6-2)13-18(14-19(21)24)22-25-9-8-20(27-22)15(3)28-29-11-10-26-23(30)16(29)4/h8-9,13-14H,4-7,10-12H2,1-3H3,(H,26,30)/b28-15+. The molecular formula is C23H28ClN5O2. The molecule has 0 radical (unpaired) electrons. The van der Waals surface area contributed by atoms with Gasteiger partial charge in [-0.25, -0.2) is 9.97 Å². The Morgan fingerprint density at radius 3 is 2.94 bits per heavy atom. The number of piperazine rings is 1. The number of carbonyl (C=O) groups excluding carboxylic acids is 1. The minimum Gasteiger partial charge on any atom is -0.492 e. The monoisotopic (exact) mass is 441 g/mol. The van der Waals surface area contributed by atoms with Crippen molar-refractivity contribution in [1.29, 1.82) is 0 Å². The van der Waals surface area contributed by atoms with Gasteiger partial charge >= 0.3 is 0 Å². The fraction of sp³-hybridized carbons (Fsp3) is 0.391. The molecule has 2 aromatic rings. The zero-order valence-electron chi connectivity index (χ0n) is 18.2. The molecular weight excluding hydrogens is 414 g/mol. The maximum absolute atomic E-state index is 11.8. The van der Waals surface area contributed by atoms with E-state index in [1.807, 2.05) is 19.1 Å². The quantitative estimate of drug-likeness (QED) is 0.377. The molecule has 1 aromatic carbocycles. The lowest BCUT2D eigenvalue weighted by Gasteiger charge is -2.26. The van der Waals surface area contributed by atoms with E-state index in [-0.39, 0.29) is 5.91 Å². The van der Waals surface area contributed by atoms with Crippen LogP contribution in [0.2, 0.25) is 5.02 Å². The van der Waals surface area contributed by atoms with Crippen LogP contribution in [0, 0.1) is 0 Å². The first kappa shape index (κ1) is 22.7. The van der Waals surface area contributed by atoms with Gasteiger partial charge in [-0.3, -0.25) is 9.80 Å². The van der Waals surface area contributed by atoms with E-state index in [0.29, 0.717) is 47.6 Å². The SMILES string of the molecule is C=C1C(=O)NCCN1/N=C(\C)c1ccnc(-c2cc(Cl)c(OCCCC)c(CC)c2)n1. The Labute approximate surface area is 188 Å². The highest BCUT2D eigenvalue weighted by molar-refractivity contribution is 6.32. The van der Waals surface area contributed by atoms with Crippen LogP contribution in [0.5, 0.6) is 5.75 Å².